The van der Waals surface area contributed by atoms with E-state index in [2.05, 4.69) is 29.3 Å². The van der Waals surface area contributed by atoms with Gasteiger partial charge in [0.2, 0.25) is 0 Å². The van der Waals surface area contributed by atoms with E-state index in [9.17, 15) is 4.79 Å². The monoisotopic (exact) mass is 360 g/mol. The number of carbonyl (C=O) groups excluding carboxylic acids is 1. The van der Waals surface area contributed by atoms with Gasteiger partial charge >= 0.3 is 5.97 Å². The minimum absolute atomic E-state index is 0.278. The highest BCUT2D eigenvalue weighted by Crippen LogP contribution is 2.27. The first kappa shape index (κ1) is 17.8. The lowest BCUT2D eigenvalue weighted by Crippen LogP contribution is -2.37. The second-order valence-electron chi connectivity index (χ2n) is 5.92. The number of nitrogens with one attached hydrogen (secondary N) is 1. The summed E-state index contributed by atoms with van der Waals surface area (Å²) in [5.74, 6) is -0.278. The smallest absolute Gasteiger partial charge is 0.340 e. The number of hydrogen-bond acceptors (Lipinski definition) is 6. The van der Waals surface area contributed by atoms with Crippen molar-refractivity contribution in [1.82, 2.24) is 0 Å². The van der Waals surface area contributed by atoms with Gasteiger partial charge < -0.3 is 19.7 Å². The Hall–Kier alpha value is -2.05. The van der Waals surface area contributed by atoms with Crippen LogP contribution in [0.4, 0.5) is 11.4 Å². The van der Waals surface area contributed by atoms with Crippen molar-refractivity contribution in [2.24, 2.45) is 0 Å². The molecule has 1 saturated heterocycles. The van der Waals surface area contributed by atoms with Crippen molar-refractivity contribution in [3.63, 3.8) is 0 Å². The first-order valence-corrected chi connectivity index (χ1v) is 9.42. The van der Waals surface area contributed by atoms with E-state index >= 15 is 0 Å². The lowest BCUT2D eigenvalue weighted by molar-refractivity contribution is 0.0526. The van der Waals surface area contributed by atoms with Crippen molar-refractivity contribution in [1.29, 1.82) is 0 Å². The standard InChI is InChI=1S/C19H24N2O3S/c1-3-24-19(22)17-12-15(20-13-16-6-4-14(2)25-16)5-7-18(17)21-8-10-23-11-9-21/h4-7,12,20H,3,8-11,13H2,1-2H3. The molecule has 0 aliphatic carbocycles. The summed E-state index contributed by atoms with van der Waals surface area (Å²) in [6.45, 7) is 7.98. The Morgan fingerprint density at radius 1 is 1.28 bits per heavy atom. The number of ether oxygens (including phenoxy) is 2. The van der Waals surface area contributed by atoms with Gasteiger partial charge in [0, 0.05) is 35.1 Å². The number of benzene rings is 1. The van der Waals surface area contributed by atoms with Crippen molar-refractivity contribution >= 4 is 28.7 Å². The van der Waals surface area contributed by atoms with Crippen LogP contribution in [0.15, 0.2) is 30.3 Å². The Balaban J connectivity index is 1.80. The predicted octanol–water partition coefficient (Wildman–Crippen LogP) is 3.68. The third kappa shape index (κ3) is 4.52. The van der Waals surface area contributed by atoms with Gasteiger partial charge in [-0.05, 0) is 44.2 Å². The largest absolute Gasteiger partial charge is 0.462 e. The van der Waals surface area contributed by atoms with Crippen LogP contribution in [-0.4, -0.2) is 38.9 Å². The Kier molecular flexibility index (Phi) is 5.94. The number of esters is 1. The zero-order valence-corrected chi connectivity index (χ0v) is 15.5. The van der Waals surface area contributed by atoms with Crippen LogP contribution in [0.3, 0.4) is 0 Å². The Morgan fingerprint density at radius 3 is 2.76 bits per heavy atom. The van der Waals surface area contributed by atoms with Gasteiger partial charge in [-0.25, -0.2) is 4.79 Å². The molecule has 3 rings (SSSR count). The Labute approximate surface area is 152 Å². The van der Waals surface area contributed by atoms with Gasteiger partial charge in [-0.1, -0.05) is 0 Å². The van der Waals surface area contributed by atoms with Gasteiger partial charge in [0.05, 0.1) is 31.1 Å². The van der Waals surface area contributed by atoms with Gasteiger partial charge in [0.15, 0.2) is 0 Å². The molecule has 1 aliphatic heterocycles. The average Bonchev–Trinajstić information content (AvgIpc) is 3.06. The third-order valence-electron chi connectivity index (χ3n) is 4.11. The van der Waals surface area contributed by atoms with Crippen molar-refractivity contribution in [3.05, 3.63) is 45.6 Å². The zero-order chi connectivity index (χ0) is 17.6. The summed E-state index contributed by atoms with van der Waals surface area (Å²) in [5.41, 5.74) is 2.45. The van der Waals surface area contributed by atoms with Crippen molar-refractivity contribution in [2.45, 2.75) is 20.4 Å². The van der Waals surface area contributed by atoms with Crippen LogP contribution in [0.2, 0.25) is 0 Å². The van der Waals surface area contributed by atoms with Crippen molar-refractivity contribution < 1.29 is 14.3 Å². The van der Waals surface area contributed by atoms with Gasteiger partial charge in [-0.3, -0.25) is 0 Å². The quantitative estimate of drug-likeness (QED) is 0.797. The fourth-order valence-electron chi connectivity index (χ4n) is 2.87. The Morgan fingerprint density at radius 2 is 2.08 bits per heavy atom. The first-order valence-electron chi connectivity index (χ1n) is 8.60. The van der Waals surface area contributed by atoms with E-state index in [1.807, 2.05) is 25.1 Å². The van der Waals surface area contributed by atoms with E-state index in [4.69, 9.17) is 9.47 Å². The molecule has 0 spiro atoms. The van der Waals surface area contributed by atoms with E-state index < -0.39 is 0 Å². The topological polar surface area (TPSA) is 50.8 Å². The maximum absolute atomic E-state index is 12.4. The molecule has 1 N–H and O–H groups in total. The van der Waals surface area contributed by atoms with Crippen LogP contribution in [0, 0.1) is 6.92 Å². The summed E-state index contributed by atoms with van der Waals surface area (Å²) in [7, 11) is 0. The van der Waals surface area contributed by atoms with E-state index in [0.717, 1.165) is 31.0 Å². The molecule has 0 amide bonds. The molecule has 1 aromatic carbocycles. The van der Waals surface area contributed by atoms with Crippen molar-refractivity contribution in [3.8, 4) is 0 Å². The fourth-order valence-corrected chi connectivity index (χ4v) is 3.70. The minimum Gasteiger partial charge on any atom is -0.462 e. The Bertz CT molecular complexity index is 723. The van der Waals surface area contributed by atoms with Gasteiger partial charge in [-0.2, -0.15) is 0 Å². The summed E-state index contributed by atoms with van der Waals surface area (Å²) in [5, 5.41) is 3.40. The van der Waals surface area contributed by atoms with Gasteiger partial charge in [-0.15, -0.1) is 11.3 Å². The second kappa shape index (κ2) is 8.36. The molecule has 1 fully saturated rings. The summed E-state index contributed by atoms with van der Waals surface area (Å²) in [6, 6.07) is 10.2. The molecule has 2 aromatic rings. The molecule has 5 nitrogen and oxygen atoms in total. The maximum atomic E-state index is 12.4. The van der Waals surface area contributed by atoms with E-state index in [1.165, 1.54) is 9.75 Å². The number of carbonyl (C=O) groups is 1. The van der Waals surface area contributed by atoms with Crippen LogP contribution >= 0.6 is 11.3 Å². The molecule has 134 valence electrons. The number of thiophene rings is 1. The summed E-state index contributed by atoms with van der Waals surface area (Å²) >= 11 is 1.78. The highest BCUT2D eigenvalue weighted by molar-refractivity contribution is 7.11. The molecular weight excluding hydrogens is 336 g/mol. The third-order valence-corrected chi connectivity index (χ3v) is 5.11. The molecule has 0 radical (unpaired) electrons. The fraction of sp³-hybridized carbons (Fsp3) is 0.421. The highest BCUT2D eigenvalue weighted by Gasteiger charge is 2.20. The molecular formula is C19H24N2O3S. The van der Waals surface area contributed by atoms with E-state index in [0.29, 0.717) is 25.4 Å². The molecule has 2 heterocycles. The molecule has 1 aliphatic rings. The number of morpholine rings is 1. The number of rotatable bonds is 6. The number of hydrogen-bond donors (Lipinski definition) is 1. The predicted molar refractivity (Wildman–Crippen MR) is 102 cm³/mol. The molecule has 25 heavy (non-hydrogen) atoms. The average molecular weight is 360 g/mol. The molecule has 1 aromatic heterocycles. The molecule has 0 saturated carbocycles. The summed E-state index contributed by atoms with van der Waals surface area (Å²) < 4.78 is 10.7. The molecule has 0 bridgehead atoms. The molecule has 0 atom stereocenters. The van der Waals surface area contributed by atoms with E-state index in [1.54, 1.807) is 11.3 Å². The van der Waals surface area contributed by atoms with Gasteiger partial charge in [0.1, 0.15) is 0 Å². The van der Waals surface area contributed by atoms with Crippen LogP contribution < -0.4 is 10.2 Å². The maximum Gasteiger partial charge on any atom is 0.340 e. The van der Waals surface area contributed by atoms with Crippen molar-refractivity contribution in [2.75, 3.05) is 43.1 Å². The minimum atomic E-state index is -0.278. The van der Waals surface area contributed by atoms with E-state index in [-0.39, 0.29) is 5.97 Å². The lowest BCUT2D eigenvalue weighted by atomic mass is 10.1. The van der Waals surface area contributed by atoms with Gasteiger partial charge in [0.25, 0.3) is 0 Å². The number of aryl methyl sites for hydroxylation is 1. The number of anilines is 2. The van der Waals surface area contributed by atoms with Crippen LogP contribution in [-0.2, 0) is 16.0 Å². The second-order valence-corrected chi connectivity index (χ2v) is 7.29. The zero-order valence-electron chi connectivity index (χ0n) is 14.7. The van der Waals surface area contributed by atoms with Crippen LogP contribution in [0.5, 0.6) is 0 Å². The summed E-state index contributed by atoms with van der Waals surface area (Å²) in [6.07, 6.45) is 0. The SMILES string of the molecule is CCOC(=O)c1cc(NCc2ccc(C)s2)ccc1N1CCOCC1. The van der Waals surface area contributed by atoms with Crippen LogP contribution in [0.25, 0.3) is 0 Å². The molecule has 0 unspecified atom stereocenters. The lowest BCUT2D eigenvalue weighted by Gasteiger charge is -2.30. The number of nitrogens with zero attached hydrogens (tertiary/aromatic N) is 1. The highest BCUT2D eigenvalue weighted by atomic mass is 32.1. The first-order chi connectivity index (χ1) is 12.2. The molecule has 6 heteroatoms. The van der Waals surface area contributed by atoms with Crippen LogP contribution in [0.1, 0.15) is 27.0 Å². The normalized spacial score (nSPS) is 14.4. The summed E-state index contributed by atoms with van der Waals surface area (Å²) in [4.78, 5) is 17.2.